The molecule has 0 aromatic heterocycles. The summed E-state index contributed by atoms with van der Waals surface area (Å²) in [6.07, 6.45) is -2.88. The van der Waals surface area contributed by atoms with E-state index in [1.807, 2.05) is 4.90 Å². The molecule has 4 rings (SSSR count). The van der Waals surface area contributed by atoms with Crippen LogP contribution < -0.4 is 4.90 Å². The lowest BCUT2D eigenvalue weighted by Gasteiger charge is -2.30. The summed E-state index contributed by atoms with van der Waals surface area (Å²) >= 11 is 0. The molecule has 0 bridgehead atoms. The fourth-order valence-electron chi connectivity index (χ4n) is 3.92. The number of anilines is 1. The quantitative estimate of drug-likeness (QED) is 0.773. The average Bonchev–Trinajstić information content (AvgIpc) is 3.11. The molecule has 154 valence electrons. The van der Waals surface area contributed by atoms with Crippen LogP contribution in [-0.4, -0.2) is 55.2 Å². The summed E-state index contributed by atoms with van der Waals surface area (Å²) in [6, 6.07) is 3.88. The highest BCUT2D eigenvalue weighted by atomic mass is 19.4. The number of nitrogens with zero attached hydrogens (tertiary/aromatic N) is 3. The number of allylic oxidation sites excluding steroid dienone is 1. The first kappa shape index (κ1) is 19.6. The molecule has 0 N–H and O–H groups in total. The number of carbonyl (C=O) groups is 2. The van der Waals surface area contributed by atoms with Gasteiger partial charge in [-0.2, -0.15) is 13.2 Å². The van der Waals surface area contributed by atoms with Gasteiger partial charge in [0.15, 0.2) is 5.78 Å². The highest BCUT2D eigenvalue weighted by Crippen LogP contribution is 2.39. The van der Waals surface area contributed by atoms with Crippen LogP contribution in [0.15, 0.2) is 35.1 Å². The molecular weight excluding hydrogens is 387 g/mol. The zero-order valence-corrected chi connectivity index (χ0v) is 15.7. The van der Waals surface area contributed by atoms with Gasteiger partial charge in [0.1, 0.15) is 5.82 Å². The minimum Gasteiger partial charge on any atom is -0.378 e. The Balaban J connectivity index is 1.52. The van der Waals surface area contributed by atoms with E-state index >= 15 is 0 Å². The van der Waals surface area contributed by atoms with Crippen molar-refractivity contribution < 1.29 is 27.5 Å². The Hall–Kier alpha value is -2.68. The van der Waals surface area contributed by atoms with Gasteiger partial charge in [-0.3, -0.25) is 9.59 Å². The van der Waals surface area contributed by atoms with E-state index in [2.05, 4.69) is 4.99 Å². The van der Waals surface area contributed by atoms with E-state index in [1.54, 1.807) is 0 Å². The van der Waals surface area contributed by atoms with Crippen molar-refractivity contribution in [1.82, 2.24) is 4.90 Å². The molecule has 1 amide bonds. The molecule has 1 aromatic carbocycles. The normalized spacial score (nSPS) is 19.8. The largest absolute Gasteiger partial charge is 0.416 e. The fourth-order valence-corrected chi connectivity index (χ4v) is 3.92. The number of morpholine rings is 1. The predicted molar refractivity (Wildman–Crippen MR) is 99.7 cm³/mol. The van der Waals surface area contributed by atoms with E-state index in [4.69, 9.17) is 4.74 Å². The molecule has 6 nitrogen and oxygen atoms in total. The van der Waals surface area contributed by atoms with E-state index in [1.165, 1.54) is 23.1 Å². The number of ketones is 1. The molecule has 3 aliphatic heterocycles. The molecule has 9 heteroatoms. The number of ether oxygens (including phenoxy) is 1. The third kappa shape index (κ3) is 4.05. The van der Waals surface area contributed by atoms with Gasteiger partial charge in [0, 0.05) is 43.5 Å². The molecule has 3 aliphatic rings. The van der Waals surface area contributed by atoms with Crippen molar-refractivity contribution >= 4 is 23.1 Å². The molecule has 0 saturated carbocycles. The second kappa shape index (κ2) is 7.62. The third-order valence-electron chi connectivity index (χ3n) is 5.27. The number of alkyl halides is 3. The van der Waals surface area contributed by atoms with Crippen molar-refractivity contribution in [1.29, 1.82) is 0 Å². The second-order valence-electron chi connectivity index (χ2n) is 7.20. The zero-order chi connectivity index (χ0) is 20.6. The Morgan fingerprint density at radius 3 is 2.66 bits per heavy atom. The van der Waals surface area contributed by atoms with Crippen LogP contribution in [0, 0.1) is 0 Å². The SMILES string of the molecule is O=C1C=C(N2CCOCC2)N=C(CC(=O)N2CCc3c2cccc3C(F)(F)F)C1. The van der Waals surface area contributed by atoms with Crippen LogP contribution in [0.2, 0.25) is 0 Å². The summed E-state index contributed by atoms with van der Waals surface area (Å²) in [5, 5.41) is 0. The minimum atomic E-state index is -4.46. The Bertz CT molecular complexity index is 902. The molecule has 0 aliphatic carbocycles. The van der Waals surface area contributed by atoms with Crippen LogP contribution in [0.5, 0.6) is 0 Å². The van der Waals surface area contributed by atoms with Crippen LogP contribution in [0.25, 0.3) is 0 Å². The first-order valence-electron chi connectivity index (χ1n) is 9.46. The number of halogens is 3. The number of benzene rings is 1. The number of aliphatic imine (C=N–C) groups is 1. The molecule has 0 radical (unpaired) electrons. The van der Waals surface area contributed by atoms with E-state index in [9.17, 15) is 22.8 Å². The maximum Gasteiger partial charge on any atom is 0.416 e. The van der Waals surface area contributed by atoms with Gasteiger partial charge in [-0.1, -0.05) is 6.07 Å². The summed E-state index contributed by atoms with van der Waals surface area (Å²) < 4.78 is 45.0. The van der Waals surface area contributed by atoms with Gasteiger partial charge in [0.2, 0.25) is 5.91 Å². The van der Waals surface area contributed by atoms with Crippen molar-refractivity contribution in [3.05, 3.63) is 41.2 Å². The minimum absolute atomic E-state index is 0.0445. The van der Waals surface area contributed by atoms with E-state index in [0.29, 0.717) is 37.8 Å². The highest BCUT2D eigenvalue weighted by molar-refractivity contribution is 6.16. The average molecular weight is 407 g/mol. The maximum atomic E-state index is 13.2. The lowest BCUT2D eigenvalue weighted by atomic mass is 10.0. The van der Waals surface area contributed by atoms with Crippen LogP contribution in [0.3, 0.4) is 0 Å². The Kier molecular flexibility index (Phi) is 5.16. The van der Waals surface area contributed by atoms with Crippen molar-refractivity contribution in [2.45, 2.75) is 25.4 Å². The van der Waals surface area contributed by atoms with Crippen LogP contribution >= 0.6 is 0 Å². The molecule has 3 heterocycles. The number of hydrogen-bond acceptors (Lipinski definition) is 5. The lowest BCUT2D eigenvalue weighted by Crippen LogP contribution is -2.37. The Morgan fingerprint density at radius 1 is 1.17 bits per heavy atom. The third-order valence-corrected chi connectivity index (χ3v) is 5.27. The summed E-state index contributed by atoms with van der Waals surface area (Å²) in [5.41, 5.74) is 0.165. The molecule has 1 saturated heterocycles. The topological polar surface area (TPSA) is 62.2 Å². The van der Waals surface area contributed by atoms with Gasteiger partial charge in [-0.05, 0) is 24.1 Å². The number of carbonyl (C=O) groups excluding carboxylic acids is 2. The summed E-state index contributed by atoms with van der Waals surface area (Å²) in [6.45, 7) is 2.50. The summed E-state index contributed by atoms with van der Waals surface area (Å²) in [5.74, 6) is 0.0388. The van der Waals surface area contributed by atoms with E-state index < -0.39 is 11.7 Å². The number of amides is 1. The van der Waals surface area contributed by atoms with Gasteiger partial charge in [-0.25, -0.2) is 4.99 Å². The molecule has 29 heavy (non-hydrogen) atoms. The van der Waals surface area contributed by atoms with Crippen molar-refractivity contribution in [2.24, 2.45) is 4.99 Å². The number of fused-ring (bicyclic) bond motifs is 1. The fraction of sp³-hybridized carbons (Fsp3) is 0.450. The summed E-state index contributed by atoms with van der Waals surface area (Å²) in [4.78, 5) is 32.7. The van der Waals surface area contributed by atoms with Crippen molar-refractivity contribution in [2.75, 3.05) is 37.7 Å². The van der Waals surface area contributed by atoms with Gasteiger partial charge < -0.3 is 14.5 Å². The Morgan fingerprint density at radius 2 is 1.93 bits per heavy atom. The highest BCUT2D eigenvalue weighted by Gasteiger charge is 2.38. The molecule has 1 fully saturated rings. The molecule has 0 unspecified atom stereocenters. The zero-order valence-electron chi connectivity index (χ0n) is 15.7. The second-order valence-corrected chi connectivity index (χ2v) is 7.20. The lowest BCUT2D eigenvalue weighted by molar-refractivity contribution is -0.138. The smallest absolute Gasteiger partial charge is 0.378 e. The predicted octanol–water partition coefficient (Wildman–Crippen LogP) is 2.57. The first-order valence-corrected chi connectivity index (χ1v) is 9.46. The molecule has 1 aromatic rings. The molecule has 0 spiro atoms. The van der Waals surface area contributed by atoms with Crippen molar-refractivity contribution in [3.8, 4) is 0 Å². The first-order chi connectivity index (χ1) is 13.8. The van der Waals surface area contributed by atoms with Gasteiger partial charge in [0.05, 0.1) is 25.2 Å². The standard InChI is InChI=1S/C20H20F3N3O3/c21-20(22,23)16-2-1-3-17-15(16)4-5-26(17)19(28)11-13-10-14(27)12-18(24-13)25-6-8-29-9-7-25/h1-3,12H,4-11H2. The molecular formula is C20H20F3N3O3. The summed E-state index contributed by atoms with van der Waals surface area (Å²) in [7, 11) is 0. The Labute approximate surface area is 165 Å². The number of rotatable bonds is 3. The van der Waals surface area contributed by atoms with Gasteiger partial charge in [-0.15, -0.1) is 0 Å². The van der Waals surface area contributed by atoms with Crippen LogP contribution in [0.1, 0.15) is 24.0 Å². The monoisotopic (exact) mass is 407 g/mol. The van der Waals surface area contributed by atoms with Crippen LogP contribution in [0.4, 0.5) is 18.9 Å². The molecule has 0 atom stereocenters. The van der Waals surface area contributed by atoms with Crippen LogP contribution in [-0.2, 0) is 26.9 Å². The number of hydrogen-bond donors (Lipinski definition) is 0. The van der Waals surface area contributed by atoms with Crippen molar-refractivity contribution in [3.63, 3.8) is 0 Å². The van der Waals surface area contributed by atoms with Gasteiger partial charge >= 0.3 is 6.18 Å². The van der Waals surface area contributed by atoms with E-state index in [-0.39, 0.29) is 48.7 Å². The van der Waals surface area contributed by atoms with Gasteiger partial charge in [0.25, 0.3) is 0 Å². The van der Waals surface area contributed by atoms with E-state index in [0.717, 1.165) is 6.07 Å². The maximum absolute atomic E-state index is 13.2.